The van der Waals surface area contributed by atoms with Crippen LogP contribution in [-0.4, -0.2) is 58.3 Å². The Kier molecular flexibility index (Phi) is 8.63. The second kappa shape index (κ2) is 11.2. The SMILES string of the molecule is CC(C)C[C@@H](NCC1CCCN1C(=O)c1cc(C(C)C)c(O)cc1O)C(=O)OC1CCCC1. The second-order valence-electron chi connectivity index (χ2n) is 10.3. The number of nitrogens with zero attached hydrogens (tertiary/aromatic N) is 1. The number of hydrogen-bond acceptors (Lipinski definition) is 6. The first kappa shape index (κ1) is 25.3. The van der Waals surface area contributed by atoms with Gasteiger partial charge in [-0.2, -0.15) is 0 Å². The summed E-state index contributed by atoms with van der Waals surface area (Å²) < 4.78 is 5.76. The second-order valence-corrected chi connectivity index (χ2v) is 10.3. The Morgan fingerprint density at radius 2 is 1.76 bits per heavy atom. The molecule has 1 saturated heterocycles. The molecule has 7 heteroatoms. The summed E-state index contributed by atoms with van der Waals surface area (Å²) in [4.78, 5) is 27.9. The maximum atomic E-state index is 13.3. The lowest BCUT2D eigenvalue weighted by molar-refractivity contribution is -0.151. The molecule has 184 valence electrons. The largest absolute Gasteiger partial charge is 0.508 e. The summed E-state index contributed by atoms with van der Waals surface area (Å²) in [6.45, 7) is 9.14. The van der Waals surface area contributed by atoms with Gasteiger partial charge in [0.2, 0.25) is 0 Å². The predicted molar refractivity (Wildman–Crippen MR) is 128 cm³/mol. The third-order valence-electron chi connectivity index (χ3n) is 6.81. The molecular weight excluding hydrogens is 420 g/mol. The number of amides is 1. The molecule has 0 bridgehead atoms. The molecule has 2 aliphatic rings. The predicted octanol–water partition coefficient (Wildman–Crippen LogP) is 4.32. The third kappa shape index (κ3) is 6.40. The molecule has 2 fully saturated rings. The number of phenolic OH excluding ortho intramolecular Hbond substituents is 2. The van der Waals surface area contributed by atoms with Crippen molar-refractivity contribution in [2.75, 3.05) is 13.1 Å². The van der Waals surface area contributed by atoms with E-state index in [0.29, 0.717) is 31.0 Å². The first-order valence-electron chi connectivity index (χ1n) is 12.5. The highest BCUT2D eigenvalue weighted by Gasteiger charge is 2.33. The molecule has 1 aliphatic carbocycles. The average Bonchev–Trinajstić information content (AvgIpc) is 3.42. The molecule has 3 rings (SSSR count). The Labute approximate surface area is 197 Å². The molecule has 1 aromatic carbocycles. The normalized spacial score (nSPS) is 20.1. The molecule has 3 N–H and O–H groups in total. The summed E-state index contributed by atoms with van der Waals surface area (Å²) in [5, 5.41) is 23.9. The van der Waals surface area contributed by atoms with Crippen LogP contribution in [0.1, 0.15) is 94.5 Å². The minimum absolute atomic E-state index is 0.00371. The van der Waals surface area contributed by atoms with E-state index in [4.69, 9.17) is 4.74 Å². The minimum Gasteiger partial charge on any atom is -0.508 e. The molecule has 1 heterocycles. The van der Waals surface area contributed by atoms with Crippen LogP contribution in [0.25, 0.3) is 0 Å². The van der Waals surface area contributed by atoms with Gasteiger partial charge in [-0.1, -0.05) is 27.7 Å². The van der Waals surface area contributed by atoms with Gasteiger partial charge in [-0.3, -0.25) is 9.59 Å². The summed E-state index contributed by atoms with van der Waals surface area (Å²) in [6, 6.07) is 2.39. The Hall–Kier alpha value is -2.28. The van der Waals surface area contributed by atoms with Crippen LogP contribution in [-0.2, 0) is 9.53 Å². The highest BCUT2D eigenvalue weighted by molar-refractivity contribution is 5.97. The molecule has 1 aromatic rings. The van der Waals surface area contributed by atoms with Gasteiger partial charge in [-0.05, 0) is 68.4 Å². The zero-order chi connectivity index (χ0) is 24.1. The van der Waals surface area contributed by atoms with Crippen molar-refractivity contribution in [3.8, 4) is 11.5 Å². The molecule has 7 nitrogen and oxygen atoms in total. The first-order chi connectivity index (χ1) is 15.7. The van der Waals surface area contributed by atoms with E-state index in [-0.39, 0.29) is 47.0 Å². The van der Waals surface area contributed by atoms with Crippen LogP contribution in [0.3, 0.4) is 0 Å². The number of benzene rings is 1. The van der Waals surface area contributed by atoms with Gasteiger partial charge in [0, 0.05) is 25.2 Å². The summed E-state index contributed by atoms with van der Waals surface area (Å²) in [5.74, 6) is -0.287. The van der Waals surface area contributed by atoms with Crippen LogP contribution in [0, 0.1) is 5.92 Å². The number of ether oxygens (including phenoxy) is 1. The van der Waals surface area contributed by atoms with Crippen LogP contribution in [0.5, 0.6) is 11.5 Å². The number of phenols is 2. The summed E-state index contributed by atoms with van der Waals surface area (Å²) in [5.41, 5.74) is 0.847. The molecule has 1 amide bonds. The van der Waals surface area contributed by atoms with Crippen molar-refractivity contribution < 1.29 is 24.5 Å². The average molecular weight is 461 g/mol. The van der Waals surface area contributed by atoms with Crippen molar-refractivity contribution in [1.82, 2.24) is 10.2 Å². The van der Waals surface area contributed by atoms with Crippen LogP contribution >= 0.6 is 0 Å². The zero-order valence-corrected chi connectivity index (χ0v) is 20.5. The van der Waals surface area contributed by atoms with Gasteiger partial charge in [-0.15, -0.1) is 0 Å². The summed E-state index contributed by atoms with van der Waals surface area (Å²) in [6.07, 6.45) is 6.54. The van der Waals surface area contributed by atoms with E-state index in [9.17, 15) is 19.8 Å². The van der Waals surface area contributed by atoms with Gasteiger partial charge in [-0.25, -0.2) is 0 Å². The van der Waals surface area contributed by atoms with E-state index in [1.807, 2.05) is 13.8 Å². The van der Waals surface area contributed by atoms with E-state index in [1.54, 1.807) is 11.0 Å². The molecule has 1 aliphatic heterocycles. The lowest BCUT2D eigenvalue weighted by Crippen LogP contribution is -2.48. The molecule has 0 radical (unpaired) electrons. The van der Waals surface area contributed by atoms with E-state index in [1.165, 1.54) is 6.07 Å². The monoisotopic (exact) mass is 460 g/mol. The van der Waals surface area contributed by atoms with Crippen LogP contribution in [0.4, 0.5) is 0 Å². The third-order valence-corrected chi connectivity index (χ3v) is 6.81. The number of aromatic hydroxyl groups is 2. The van der Waals surface area contributed by atoms with Gasteiger partial charge in [0.05, 0.1) is 5.56 Å². The van der Waals surface area contributed by atoms with Gasteiger partial charge in [0.1, 0.15) is 23.6 Å². The lowest BCUT2D eigenvalue weighted by atomic mass is 9.98. The molecule has 1 unspecified atom stereocenters. The fourth-order valence-corrected chi connectivity index (χ4v) is 4.96. The molecule has 1 saturated carbocycles. The first-order valence-corrected chi connectivity index (χ1v) is 12.5. The zero-order valence-electron chi connectivity index (χ0n) is 20.5. The van der Waals surface area contributed by atoms with Crippen LogP contribution in [0.2, 0.25) is 0 Å². The van der Waals surface area contributed by atoms with E-state index >= 15 is 0 Å². The molecular formula is C26H40N2O5. The maximum Gasteiger partial charge on any atom is 0.323 e. The summed E-state index contributed by atoms with van der Waals surface area (Å²) in [7, 11) is 0. The fourth-order valence-electron chi connectivity index (χ4n) is 4.96. The van der Waals surface area contributed by atoms with Crippen molar-refractivity contribution in [2.24, 2.45) is 5.92 Å². The van der Waals surface area contributed by atoms with Gasteiger partial charge in [0.25, 0.3) is 5.91 Å². The standard InChI is InChI=1S/C26H40N2O5/c1-16(2)12-22(26(32)33-19-9-5-6-10-19)27-15-18-8-7-11-28(18)25(31)21-13-20(17(3)4)23(29)14-24(21)30/h13-14,16-19,22,27,29-30H,5-12,15H2,1-4H3/t18?,22-/m1/s1. The number of hydrogen-bond donors (Lipinski definition) is 3. The summed E-state index contributed by atoms with van der Waals surface area (Å²) >= 11 is 0. The topological polar surface area (TPSA) is 99.1 Å². The number of esters is 1. The number of likely N-dealkylation sites (tertiary alicyclic amines) is 1. The highest BCUT2D eigenvalue weighted by atomic mass is 16.5. The van der Waals surface area contributed by atoms with Crippen molar-refractivity contribution in [1.29, 1.82) is 0 Å². The van der Waals surface area contributed by atoms with Gasteiger partial charge < -0.3 is 25.2 Å². The van der Waals surface area contributed by atoms with Crippen molar-refractivity contribution in [3.63, 3.8) is 0 Å². The van der Waals surface area contributed by atoms with Crippen molar-refractivity contribution in [3.05, 3.63) is 23.3 Å². The van der Waals surface area contributed by atoms with Crippen LogP contribution in [0.15, 0.2) is 12.1 Å². The molecule has 0 aromatic heterocycles. The smallest absolute Gasteiger partial charge is 0.323 e. The van der Waals surface area contributed by atoms with Crippen molar-refractivity contribution in [2.45, 2.75) is 96.7 Å². The van der Waals surface area contributed by atoms with E-state index < -0.39 is 6.04 Å². The Morgan fingerprint density at radius 3 is 2.39 bits per heavy atom. The Morgan fingerprint density at radius 1 is 1.06 bits per heavy atom. The minimum atomic E-state index is -0.391. The quantitative estimate of drug-likeness (QED) is 0.475. The number of carbonyl (C=O) groups excluding carboxylic acids is 2. The highest BCUT2D eigenvalue weighted by Crippen LogP contribution is 2.34. The van der Waals surface area contributed by atoms with Crippen LogP contribution < -0.4 is 5.32 Å². The Bertz CT molecular complexity index is 832. The van der Waals surface area contributed by atoms with Gasteiger partial charge >= 0.3 is 5.97 Å². The lowest BCUT2D eigenvalue weighted by Gasteiger charge is -2.28. The molecule has 2 atom stereocenters. The fraction of sp³-hybridized carbons (Fsp3) is 0.692. The Balaban J connectivity index is 1.68. The van der Waals surface area contributed by atoms with E-state index in [0.717, 1.165) is 38.5 Å². The maximum absolute atomic E-state index is 13.3. The number of rotatable bonds is 9. The van der Waals surface area contributed by atoms with E-state index in [2.05, 4.69) is 19.2 Å². The molecule has 0 spiro atoms. The molecule has 33 heavy (non-hydrogen) atoms. The van der Waals surface area contributed by atoms with Gasteiger partial charge in [0.15, 0.2) is 0 Å². The number of carbonyl (C=O) groups is 2. The van der Waals surface area contributed by atoms with Crippen molar-refractivity contribution >= 4 is 11.9 Å². The number of nitrogens with one attached hydrogen (secondary N) is 1.